The molecule has 1 amide bonds. The maximum absolute atomic E-state index is 10.3. The summed E-state index contributed by atoms with van der Waals surface area (Å²) in [4.78, 5) is 10.3. The number of halogens is 1. The minimum Gasteiger partial charge on any atom is -0.370 e. The van der Waals surface area contributed by atoms with Gasteiger partial charge < -0.3 is 10.5 Å². The van der Waals surface area contributed by atoms with Crippen LogP contribution in [0.4, 0.5) is 0 Å². The molecule has 60 valence electrons. The van der Waals surface area contributed by atoms with Gasteiger partial charge in [0.05, 0.1) is 0 Å². The fourth-order valence-electron chi connectivity index (χ4n) is 0.449. The molecular formula is C6H12ClNO2. The van der Waals surface area contributed by atoms with Crippen LogP contribution in [-0.2, 0) is 9.53 Å². The predicted molar refractivity (Wildman–Crippen MR) is 39.7 cm³/mol. The van der Waals surface area contributed by atoms with Crippen molar-refractivity contribution in [2.75, 3.05) is 7.11 Å². The van der Waals surface area contributed by atoms with Crippen LogP contribution in [0.2, 0.25) is 0 Å². The standard InChI is InChI=1S/C6H12ClNO2/c1-6(7,10-2)4-3-5(8)9/h3-4H2,1-2H3,(H2,8,9). The summed E-state index contributed by atoms with van der Waals surface area (Å²) in [5, 5.41) is -0.755. The molecule has 0 heterocycles. The second-order valence-electron chi connectivity index (χ2n) is 2.27. The number of hydrogen-bond acceptors (Lipinski definition) is 2. The van der Waals surface area contributed by atoms with E-state index in [1.807, 2.05) is 0 Å². The predicted octanol–water partition coefficient (Wildman–Crippen LogP) is 0.853. The quantitative estimate of drug-likeness (QED) is 0.628. The van der Waals surface area contributed by atoms with Crippen LogP contribution in [0.3, 0.4) is 0 Å². The van der Waals surface area contributed by atoms with E-state index in [0.29, 0.717) is 6.42 Å². The first-order chi connectivity index (χ1) is 4.48. The largest absolute Gasteiger partial charge is 0.370 e. The number of hydrogen-bond donors (Lipinski definition) is 1. The fraction of sp³-hybridized carbons (Fsp3) is 0.833. The van der Waals surface area contributed by atoms with Gasteiger partial charge >= 0.3 is 0 Å². The number of methoxy groups -OCH3 is 1. The highest BCUT2D eigenvalue weighted by Gasteiger charge is 2.19. The molecule has 10 heavy (non-hydrogen) atoms. The van der Waals surface area contributed by atoms with E-state index >= 15 is 0 Å². The van der Waals surface area contributed by atoms with Gasteiger partial charge in [0.2, 0.25) is 5.91 Å². The molecule has 0 aliphatic carbocycles. The molecule has 0 spiro atoms. The lowest BCUT2D eigenvalue weighted by Crippen LogP contribution is -2.22. The zero-order valence-corrected chi connectivity index (χ0v) is 6.94. The highest BCUT2D eigenvalue weighted by atomic mass is 35.5. The van der Waals surface area contributed by atoms with Gasteiger partial charge in [0.15, 0.2) is 0 Å². The van der Waals surface area contributed by atoms with Crippen molar-refractivity contribution in [2.45, 2.75) is 24.8 Å². The van der Waals surface area contributed by atoms with E-state index in [-0.39, 0.29) is 12.3 Å². The minimum absolute atomic E-state index is 0.258. The summed E-state index contributed by atoms with van der Waals surface area (Å²) in [5.74, 6) is -0.357. The van der Waals surface area contributed by atoms with E-state index in [4.69, 9.17) is 22.1 Å². The van der Waals surface area contributed by atoms with Crippen LogP contribution in [0, 0.1) is 0 Å². The number of amides is 1. The van der Waals surface area contributed by atoms with Gasteiger partial charge in [0.1, 0.15) is 5.06 Å². The monoisotopic (exact) mass is 165 g/mol. The molecule has 0 saturated heterocycles. The number of carbonyl (C=O) groups excluding carboxylic acids is 1. The highest BCUT2D eigenvalue weighted by Crippen LogP contribution is 2.20. The van der Waals surface area contributed by atoms with Crippen molar-refractivity contribution < 1.29 is 9.53 Å². The third-order valence-corrected chi connectivity index (χ3v) is 1.59. The first kappa shape index (κ1) is 9.72. The summed E-state index contributed by atoms with van der Waals surface area (Å²) < 4.78 is 4.85. The molecule has 0 saturated carbocycles. The van der Waals surface area contributed by atoms with Crippen molar-refractivity contribution in [3.8, 4) is 0 Å². The SMILES string of the molecule is COC(C)(Cl)CCC(N)=O. The summed E-state index contributed by atoms with van der Waals surface area (Å²) in [6.07, 6.45) is 0.703. The number of primary amides is 1. The molecule has 0 aliphatic rings. The lowest BCUT2D eigenvalue weighted by Gasteiger charge is -2.18. The lowest BCUT2D eigenvalue weighted by molar-refractivity contribution is -0.118. The van der Waals surface area contributed by atoms with Crippen molar-refractivity contribution >= 4 is 17.5 Å². The van der Waals surface area contributed by atoms with Crippen molar-refractivity contribution in [2.24, 2.45) is 5.73 Å². The Morgan fingerprint density at radius 2 is 2.30 bits per heavy atom. The molecule has 0 aromatic heterocycles. The Balaban J connectivity index is 3.56. The second kappa shape index (κ2) is 3.78. The van der Waals surface area contributed by atoms with E-state index in [1.165, 1.54) is 7.11 Å². The number of carbonyl (C=O) groups is 1. The van der Waals surface area contributed by atoms with Gasteiger partial charge in [-0.3, -0.25) is 4.79 Å². The van der Waals surface area contributed by atoms with Crippen LogP contribution in [0.25, 0.3) is 0 Å². The normalized spacial score (nSPS) is 16.3. The van der Waals surface area contributed by atoms with Gasteiger partial charge in [-0.25, -0.2) is 0 Å². The molecule has 0 aromatic rings. The van der Waals surface area contributed by atoms with Crippen molar-refractivity contribution in [1.29, 1.82) is 0 Å². The number of ether oxygens (including phenoxy) is 1. The summed E-state index contributed by atoms with van der Waals surface area (Å²) >= 11 is 5.73. The van der Waals surface area contributed by atoms with Gasteiger partial charge in [0.25, 0.3) is 0 Å². The van der Waals surface area contributed by atoms with Crippen LogP contribution in [-0.4, -0.2) is 18.1 Å². The molecule has 3 nitrogen and oxygen atoms in total. The molecule has 0 bridgehead atoms. The Labute approximate surface area is 65.5 Å². The Bertz CT molecular complexity index is 125. The molecule has 0 aliphatic heterocycles. The molecule has 4 heteroatoms. The molecule has 1 unspecified atom stereocenters. The Kier molecular flexibility index (Phi) is 3.68. The van der Waals surface area contributed by atoms with E-state index < -0.39 is 5.06 Å². The van der Waals surface area contributed by atoms with Gasteiger partial charge in [-0.15, -0.1) is 0 Å². The van der Waals surface area contributed by atoms with Crippen molar-refractivity contribution in [3.05, 3.63) is 0 Å². The van der Waals surface area contributed by atoms with Crippen molar-refractivity contribution in [1.82, 2.24) is 0 Å². The van der Waals surface area contributed by atoms with E-state index in [1.54, 1.807) is 6.92 Å². The Morgan fingerprint density at radius 3 is 2.60 bits per heavy atom. The second-order valence-corrected chi connectivity index (χ2v) is 3.07. The molecule has 2 N–H and O–H groups in total. The minimum atomic E-state index is -0.755. The fourth-order valence-corrected chi connectivity index (χ4v) is 0.543. The van der Waals surface area contributed by atoms with E-state index in [9.17, 15) is 4.79 Å². The number of rotatable bonds is 4. The van der Waals surface area contributed by atoms with Crippen molar-refractivity contribution in [3.63, 3.8) is 0 Å². The zero-order valence-electron chi connectivity index (χ0n) is 6.19. The molecule has 1 atom stereocenters. The van der Waals surface area contributed by atoms with Crippen LogP contribution in [0.1, 0.15) is 19.8 Å². The molecule has 0 radical (unpaired) electrons. The van der Waals surface area contributed by atoms with Crippen LogP contribution in [0.15, 0.2) is 0 Å². The zero-order chi connectivity index (χ0) is 8.20. The molecule has 0 aromatic carbocycles. The third-order valence-electron chi connectivity index (χ3n) is 1.24. The first-order valence-electron chi connectivity index (χ1n) is 3.00. The highest BCUT2D eigenvalue weighted by molar-refractivity contribution is 6.22. The average molecular weight is 166 g/mol. The summed E-state index contributed by atoms with van der Waals surface area (Å²) in [6.45, 7) is 1.69. The first-order valence-corrected chi connectivity index (χ1v) is 3.38. The van der Waals surface area contributed by atoms with E-state index in [0.717, 1.165) is 0 Å². The lowest BCUT2D eigenvalue weighted by atomic mass is 10.2. The molecular weight excluding hydrogens is 154 g/mol. The van der Waals surface area contributed by atoms with Gasteiger partial charge in [0, 0.05) is 13.5 Å². The molecule has 0 fully saturated rings. The Morgan fingerprint density at radius 1 is 1.80 bits per heavy atom. The smallest absolute Gasteiger partial charge is 0.217 e. The third kappa shape index (κ3) is 4.58. The topological polar surface area (TPSA) is 52.3 Å². The van der Waals surface area contributed by atoms with Gasteiger partial charge in [-0.1, -0.05) is 11.6 Å². The number of nitrogens with two attached hydrogens (primary N) is 1. The van der Waals surface area contributed by atoms with Crippen LogP contribution in [0.5, 0.6) is 0 Å². The summed E-state index contributed by atoms with van der Waals surface area (Å²) in [6, 6.07) is 0. The van der Waals surface area contributed by atoms with E-state index in [2.05, 4.69) is 0 Å². The van der Waals surface area contributed by atoms with Crippen LogP contribution < -0.4 is 5.73 Å². The van der Waals surface area contributed by atoms with Crippen LogP contribution >= 0.6 is 11.6 Å². The van der Waals surface area contributed by atoms with Gasteiger partial charge in [-0.05, 0) is 13.3 Å². The van der Waals surface area contributed by atoms with Gasteiger partial charge in [-0.2, -0.15) is 0 Å². The Hall–Kier alpha value is -0.280. The summed E-state index contributed by atoms with van der Waals surface area (Å²) in [7, 11) is 1.49. The molecule has 0 rings (SSSR count). The maximum atomic E-state index is 10.3. The average Bonchev–Trinajstić information content (AvgIpc) is 1.85. The number of alkyl halides is 1. The maximum Gasteiger partial charge on any atom is 0.217 e. The summed E-state index contributed by atoms with van der Waals surface area (Å²) in [5.41, 5.74) is 4.90.